The Labute approximate surface area is 153 Å². The maximum absolute atomic E-state index is 12.4. The van der Waals surface area contributed by atoms with E-state index < -0.39 is 17.4 Å². The zero-order valence-electron chi connectivity index (χ0n) is 15.7. The highest BCUT2D eigenvalue weighted by Gasteiger charge is 2.28. The SMILES string of the molecule is CC(C)(C)OOC(=O)OC(C)(C)c1ccc(C(=O)c2ccccc2)cc1. The summed E-state index contributed by atoms with van der Waals surface area (Å²) in [6, 6.07) is 16.0. The number of benzene rings is 2. The molecule has 2 aromatic rings. The fourth-order valence-electron chi connectivity index (χ4n) is 2.22. The van der Waals surface area contributed by atoms with Crippen LogP contribution in [0.4, 0.5) is 4.79 Å². The van der Waals surface area contributed by atoms with Crippen molar-refractivity contribution >= 4 is 11.9 Å². The average Bonchev–Trinajstić information content (AvgIpc) is 2.59. The lowest BCUT2D eigenvalue weighted by molar-refractivity contribution is -0.316. The third kappa shape index (κ3) is 5.43. The van der Waals surface area contributed by atoms with Gasteiger partial charge in [0, 0.05) is 11.1 Å². The van der Waals surface area contributed by atoms with Gasteiger partial charge in [-0.3, -0.25) is 9.68 Å². The molecule has 5 nitrogen and oxygen atoms in total. The van der Waals surface area contributed by atoms with Crippen molar-refractivity contribution in [3.05, 3.63) is 71.3 Å². The number of carbonyl (C=O) groups is 2. The molecule has 0 saturated carbocycles. The van der Waals surface area contributed by atoms with Crippen molar-refractivity contribution in [3.63, 3.8) is 0 Å². The Morgan fingerprint density at radius 3 is 1.85 bits per heavy atom. The van der Waals surface area contributed by atoms with Gasteiger partial charge in [-0.2, -0.15) is 4.89 Å². The summed E-state index contributed by atoms with van der Waals surface area (Å²) in [7, 11) is 0. The van der Waals surface area contributed by atoms with Crippen LogP contribution in [0.3, 0.4) is 0 Å². The summed E-state index contributed by atoms with van der Waals surface area (Å²) in [6.45, 7) is 8.74. The molecule has 0 amide bonds. The molecule has 0 radical (unpaired) electrons. The summed E-state index contributed by atoms with van der Waals surface area (Å²) in [5.74, 6) is -0.0612. The summed E-state index contributed by atoms with van der Waals surface area (Å²) in [5, 5.41) is 0. The first-order valence-electron chi connectivity index (χ1n) is 8.37. The van der Waals surface area contributed by atoms with Gasteiger partial charge in [-0.15, -0.1) is 0 Å². The minimum Gasteiger partial charge on any atom is -0.421 e. The predicted octanol–water partition coefficient (Wildman–Crippen LogP) is 5.04. The Morgan fingerprint density at radius 1 is 0.769 bits per heavy atom. The Morgan fingerprint density at radius 2 is 1.31 bits per heavy atom. The minimum absolute atomic E-state index is 0.0612. The highest BCUT2D eigenvalue weighted by atomic mass is 17.2. The minimum atomic E-state index is -0.938. The summed E-state index contributed by atoms with van der Waals surface area (Å²) < 4.78 is 5.33. The number of carbonyl (C=O) groups excluding carboxylic acids is 2. The molecular weight excluding hydrogens is 332 g/mol. The molecule has 0 bridgehead atoms. The van der Waals surface area contributed by atoms with Crippen LogP contribution in [0, 0.1) is 0 Å². The Balaban J connectivity index is 2.06. The molecule has 26 heavy (non-hydrogen) atoms. The van der Waals surface area contributed by atoms with Crippen LogP contribution in [-0.2, 0) is 20.1 Å². The van der Waals surface area contributed by atoms with Gasteiger partial charge in [0.15, 0.2) is 5.78 Å². The summed E-state index contributed by atoms with van der Waals surface area (Å²) in [4.78, 5) is 33.9. The van der Waals surface area contributed by atoms with Crippen LogP contribution in [0.25, 0.3) is 0 Å². The van der Waals surface area contributed by atoms with Gasteiger partial charge < -0.3 is 4.74 Å². The van der Waals surface area contributed by atoms with Gasteiger partial charge in [-0.1, -0.05) is 54.6 Å². The highest BCUT2D eigenvalue weighted by molar-refractivity contribution is 6.08. The molecule has 0 N–H and O–H groups in total. The Hall–Kier alpha value is -2.66. The van der Waals surface area contributed by atoms with E-state index in [0.717, 1.165) is 5.56 Å². The van der Waals surface area contributed by atoms with Gasteiger partial charge in [-0.25, -0.2) is 4.79 Å². The number of hydrogen-bond acceptors (Lipinski definition) is 5. The van der Waals surface area contributed by atoms with E-state index in [1.54, 1.807) is 71.0 Å². The van der Waals surface area contributed by atoms with Crippen LogP contribution >= 0.6 is 0 Å². The molecule has 0 aliphatic heterocycles. The van der Waals surface area contributed by atoms with Gasteiger partial charge in [0.25, 0.3) is 0 Å². The van der Waals surface area contributed by atoms with Crippen molar-refractivity contribution in [1.29, 1.82) is 0 Å². The van der Waals surface area contributed by atoms with Crippen molar-refractivity contribution in [2.75, 3.05) is 0 Å². The maximum atomic E-state index is 12.4. The smallest absolute Gasteiger partial charge is 0.421 e. The quantitative estimate of drug-likeness (QED) is 0.325. The van der Waals surface area contributed by atoms with E-state index in [2.05, 4.69) is 4.89 Å². The number of rotatable bonds is 5. The van der Waals surface area contributed by atoms with Crippen molar-refractivity contribution in [1.82, 2.24) is 0 Å². The predicted molar refractivity (Wildman–Crippen MR) is 97.7 cm³/mol. The monoisotopic (exact) mass is 356 g/mol. The lowest BCUT2D eigenvalue weighted by atomic mass is 9.95. The van der Waals surface area contributed by atoms with Gasteiger partial charge >= 0.3 is 6.16 Å². The van der Waals surface area contributed by atoms with Gasteiger partial charge in [0.05, 0.1) is 0 Å². The molecule has 0 heterocycles. The molecule has 0 spiro atoms. The second-order valence-corrected chi connectivity index (χ2v) is 7.41. The van der Waals surface area contributed by atoms with E-state index in [4.69, 9.17) is 9.62 Å². The van der Waals surface area contributed by atoms with Crippen molar-refractivity contribution in [3.8, 4) is 0 Å². The van der Waals surface area contributed by atoms with Gasteiger partial charge in [0.2, 0.25) is 0 Å². The first-order valence-corrected chi connectivity index (χ1v) is 8.37. The molecule has 0 aliphatic carbocycles. The van der Waals surface area contributed by atoms with E-state index in [9.17, 15) is 9.59 Å². The maximum Gasteiger partial charge on any atom is 0.541 e. The first kappa shape index (κ1) is 19.7. The number of ether oxygens (including phenoxy) is 1. The van der Waals surface area contributed by atoms with Crippen molar-refractivity contribution in [2.45, 2.75) is 45.8 Å². The third-order valence-corrected chi connectivity index (χ3v) is 3.58. The van der Waals surface area contributed by atoms with Crippen LogP contribution in [-0.4, -0.2) is 17.5 Å². The fourth-order valence-corrected chi connectivity index (χ4v) is 2.22. The third-order valence-electron chi connectivity index (χ3n) is 3.58. The molecule has 2 rings (SSSR count). The topological polar surface area (TPSA) is 61.8 Å². The average molecular weight is 356 g/mol. The molecule has 5 heteroatoms. The number of hydrogen-bond donors (Lipinski definition) is 0. The highest BCUT2D eigenvalue weighted by Crippen LogP contribution is 2.26. The zero-order chi connectivity index (χ0) is 19.4. The zero-order valence-corrected chi connectivity index (χ0v) is 15.7. The first-order chi connectivity index (χ1) is 12.1. The molecule has 0 aromatic heterocycles. The van der Waals surface area contributed by atoms with E-state index in [-0.39, 0.29) is 5.78 Å². The largest absolute Gasteiger partial charge is 0.541 e. The van der Waals surface area contributed by atoms with E-state index in [0.29, 0.717) is 11.1 Å². The van der Waals surface area contributed by atoms with Crippen LogP contribution < -0.4 is 0 Å². The summed E-state index contributed by atoms with van der Waals surface area (Å²) >= 11 is 0. The lowest BCUT2D eigenvalue weighted by Crippen LogP contribution is -2.29. The Kier molecular flexibility index (Phi) is 5.83. The van der Waals surface area contributed by atoms with E-state index >= 15 is 0 Å². The number of ketones is 1. The standard InChI is InChI=1S/C21H24O5/c1-20(2,3)26-25-19(23)24-21(4,5)17-13-11-16(12-14-17)18(22)15-9-7-6-8-10-15/h6-14H,1-5H3. The van der Waals surface area contributed by atoms with Gasteiger partial charge in [-0.05, 0) is 40.2 Å². The van der Waals surface area contributed by atoms with Crippen LogP contribution in [0.5, 0.6) is 0 Å². The molecular formula is C21H24O5. The van der Waals surface area contributed by atoms with Crippen molar-refractivity contribution < 1.29 is 24.1 Å². The fraction of sp³-hybridized carbons (Fsp3) is 0.333. The lowest BCUT2D eigenvalue weighted by Gasteiger charge is -2.25. The molecule has 0 unspecified atom stereocenters. The Bertz CT molecular complexity index is 755. The molecule has 2 aromatic carbocycles. The molecule has 0 saturated heterocycles. The summed E-state index contributed by atoms with van der Waals surface area (Å²) in [6.07, 6.45) is -0.922. The van der Waals surface area contributed by atoms with Gasteiger partial charge in [0.1, 0.15) is 11.2 Å². The molecule has 0 atom stereocenters. The van der Waals surface area contributed by atoms with E-state index in [1.807, 2.05) is 18.2 Å². The second-order valence-electron chi connectivity index (χ2n) is 7.41. The van der Waals surface area contributed by atoms with Crippen LogP contribution in [0.1, 0.15) is 56.1 Å². The van der Waals surface area contributed by atoms with Crippen molar-refractivity contribution in [2.24, 2.45) is 0 Å². The van der Waals surface area contributed by atoms with Crippen LogP contribution in [0.2, 0.25) is 0 Å². The van der Waals surface area contributed by atoms with E-state index in [1.165, 1.54) is 0 Å². The normalized spacial score (nSPS) is 11.7. The van der Waals surface area contributed by atoms with Crippen LogP contribution in [0.15, 0.2) is 54.6 Å². The molecule has 0 fully saturated rings. The molecule has 0 aliphatic rings. The second kappa shape index (κ2) is 7.70. The summed E-state index contributed by atoms with van der Waals surface area (Å²) in [5.41, 5.74) is 0.359. The molecule has 138 valence electrons.